The summed E-state index contributed by atoms with van der Waals surface area (Å²) in [6.45, 7) is 2.40. The van der Waals surface area contributed by atoms with E-state index in [1.165, 1.54) is 6.42 Å². The lowest BCUT2D eigenvalue weighted by atomic mass is 10.1. The van der Waals surface area contributed by atoms with Crippen molar-refractivity contribution in [1.29, 1.82) is 0 Å². The molecule has 2 aliphatic heterocycles. The maximum absolute atomic E-state index is 12.8. The second kappa shape index (κ2) is 6.39. The maximum Gasteiger partial charge on any atom is 0.256 e. The van der Waals surface area contributed by atoms with Gasteiger partial charge in [-0.1, -0.05) is 0 Å². The van der Waals surface area contributed by atoms with Crippen molar-refractivity contribution in [2.24, 2.45) is 0 Å². The van der Waals surface area contributed by atoms with Gasteiger partial charge in [0.25, 0.3) is 5.91 Å². The number of nitrogens with two attached hydrogens (primary N) is 1. The van der Waals surface area contributed by atoms with Gasteiger partial charge >= 0.3 is 0 Å². The number of rotatable bonds is 2. The van der Waals surface area contributed by atoms with Gasteiger partial charge in [0.05, 0.1) is 22.8 Å². The number of benzene rings is 1. The van der Waals surface area contributed by atoms with Gasteiger partial charge in [0, 0.05) is 31.9 Å². The Kier molecular flexibility index (Phi) is 4.48. The van der Waals surface area contributed by atoms with Crippen LogP contribution in [0.4, 0.5) is 11.4 Å². The summed E-state index contributed by atoms with van der Waals surface area (Å²) in [7, 11) is -2.99. The molecule has 0 spiro atoms. The summed E-state index contributed by atoms with van der Waals surface area (Å²) in [5.74, 6) is -0.0000376. The summed E-state index contributed by atoms with van der Waals surface area (Å²) in [6.07, 6.45) is 3.45. The van der Waals surface area contributed by atoms with E-state index in [0.29, 0.717) is 11.3 Å². The highest BCUT2D eigenvalue weighted by Gasteiger charge is 2.28. The molecule has 23 heavy (non-hydrogen) atoms. The van der Waals surface area contributed by atoms with Crippen LogP contribution in [0.5, 0.6) is 0 Å². The highest BCUT2D eigenvalue weighted by atomic mass is 32.2. The largest absolute Gasteiger partial charge is 0.399 e. The molecule has 0 radical (unpaired) electrons. The average molecular weight is 337 g/mol. The van der Waals surface area contributed by atoms with Crippen molar-refractivity contribution in [2.75, 3.05) is 48.3 Å². The number of amides is 1. The molecule has 2 heterocycles. The van der Waals surface area contributed by atoms with E-state index in [1.807, 2.05) is 6.07 Å². The van der Waals surface area contributed by atoms with E-state index in [4.69, 9.17) is 5.73 Å². The Morgan fingerprint density at radius 3 is 2.30 bits per heavy atom. The molecule has 1 aromatic rings. The quantitative estimate of drug-likeness (QED) is 0.818. The minimum Gasteiger partial charge on any atom is -0.399 e. The van der Waals surface area contributed by atoms with Crippen molar-refractivity contribution in [3.63, 3.8) is 0 Å². The molecule has 126 valence electrons. The van der Waals surface area contributed by atoms with E-state index in [1.54, 1.807) is 17.0 Å². The van der Waals surface area contributed by atoms with Gasteiger partial charge < -0.3 is 15.5 Å². The molecule has 2 N–H and O–H groups in total. The van der Waals surface area contributed by atoms with Gasteiger partial charge in [0.1, 0.15) is 0 Å². The monoisotopic (exact) mass is 337 g/mol. The minimum absolute atomic E-state index is 0.0484. The summed E-state index contributed by atoms with van der Waals surface area (Å²) >= 11 is 0. The van der Waals surface area contributed by atoms with Gasteiger partial charge in [-0.2, -0.15) is 0 Å². The highest BCUT2D eigenvalue weighted by molar-refractivity contribution is 7.91. The summed E-state index contributed by atoms with van der Waals surface area (Å²) in [6, 6.07) is 5.37. The van der Waals surface area contributed by atoms with Gasteiger partial charge in [-0.3, -0.25) is 4.79 Å². The molecule has 2 fully saturated rings. The molecular weight excluding hydrogens is 314 g/mol. The molecule has 1 amide bonds. The average Bonchev–Trinajstić information content (AvgIpc) is 2.55. The highest BCUT2D eigenvalue weighted by Crippen LogP contribution is 2.28. The van der Waals surface area contributed by atoms with E-state index in [9.17, 15) is 13.2 Å². The number of nitrogen functional groups attached to an aromatic ring is 1. The van der Waals surface area contributed by atoms with E-state index in [2.05, 4.69) is 4.90 Å². The topological polar surface area (TPSA) is 83.7 Å². The Bertz CT molecular complexity index is 683. The van der Waals surface area contributed by atoms with Crippen molar-refractivity contribution in [3.8, 4) is 0 Å². The van der Waals surface area contributed by atoms with Crippen molar-refractivity contribution in [3.05, 3.63) is 23.8 Å². The molecule has 3 rings (SSSR count). The molecule has 7 heteroatoms. The predicted octanol–water partition coefficient (Wildman–Crippen LogP) is 1.13. The zero-order valence-corrected chi connectivity index (χ0v) is 14.0. The van der Waals surface area contributed by atoms with Crippen LogP contribution >= 0.6 is 0 Å². The van der Waals surface area contributed by atoms with E-state index in [-0.39, 0.29) is 30.5 Å². The SMILES string of the molecule is Nc1ccc(C(=O)N2CCS(=O)(=O)CC2)c(N2CCCCC2)c1. The fraction of sp³-hybridized carbons (Fsp3) is 0.562. The molecule has 6 nitrogen and oxygen atoms in total. The van der Waals surface area contributed by atoms with Crippen LogP contribution in [0.1, 0.15) is 29.6 Å². The van der Waals surface area contributed by atoms with Crippen LogP contribution in [0.25, 0.3) is 0 Å². The Hall–Kier alpha value is -1.76. The van der Waals surface area contributed by atoms with Crippen LogP contribution in [0.3, 0.4) is 0 Å². The first-order valence-electron chi connectivity index (χ1n) is 8.10. The van der Waals surface area contributed by atoms with Gasteiger partial charge in [-0.15, -0.1) is 0 Å². The van der Waals surface area contributed by atoms with Gasteiger partial charge in [0.2, 0.25) is 0 Å². The zero-order chi connectivity index (χ0) is 16.4. The number of carbonyl (C=O) groups is 1. The second-order valence-corrected chi connectivity index (χ2v) is 8.57. The Morgan fingerprint density at radius 2 is 1.65 bits per heavy atom. The number of sulfone groups is 1. The van der Waals surface area contributed by atoms with Gasteiger partial charge in [-0.05, 0) is 37.5 Å². The first-order chi connectivity index (χ1) is 11.0. The number of hydrogen-bond acceptors (Lipinski definition) is 5. The lowest BCUT2D eigenvalue weighted by molar-refractivity contribution is 0.0771. The predicted molar refractivity (Wildman–Crippen MR) is 91.5 cm³/mol. The number of piperidine rings is 1. The molecule has 0 aliphatic carbocycles. The molecule has 1 aromatic carbocycles. The molecule has 2 saturated heterocycles. The molecule has 0 bridgehead atoms. The lowest BCUT2D eigenvalue weighted by Crippen LogP contribution is -2.44. The maximum atomic E-state index is 12.8. The van der Waals surface area contributed by atoms with Gasteiger partial charge in [-0.25, -0.2) is 8.42 Å². The molecule has 0 atom stereocenters. The van der Waals surface area contributed by atoms with Crippen LogP contribution < -0.4 is 10.6 Å². The molecule has 0 unspecified atom stereocenters. The Balaban J connectivity index is 1.85. The van der Waals surface area contributed by atoms with E-state index >= 15 is 0 Å². The van der Waals surface area contributed by atoms with Crippen LogP contribution in [-0.4, -0.2) is 56.9 Å². The van der Waals surface area contributed by atoms with Crippen LogP contribution in [0, 0.1) is 0 Å². The summed E-state index contributed by atoms with van der Waals surface area (Å²) in [5.41, 5.74) is 8.06. The molecule has 0 saturated carbocycles. The van der Waals surface area contributed by atoms with Crippen LogP contribution in [0.15, 0.2) is 18.2 Å². The third kappa shape index (κ3) is 3.60. The second-order valence-electron chi connectivity index (χ2n) is 6.27. The number of anilines is 2. The fourth-order valence-corrected chi connectivity index (χ4v) is 4.41. The van der Waals surface area contributed by atoms with Crippen LogP contribution in [-0.2, 0) is 9.84 Å². The van der Waals surface area contributed by atoms with Crippen molar-refractivity contribution in [1.82, 2.24) is 4.90 Å². The van der Waals surface area contributed by atoms with Crippen LogP contribution in [0.2, 0.25) is 0 Å². The van der Waals surface area contributed by atoms with Crippen molar-refractivity contribution in [2.45, 2.75) is 19.3 Å². The molecule has 0 aromatic heterocycles. The normalized spacial score (nSPS) is 21.2. The molecule has 2 aliphatic rings. The van der Waals surface area contributed by atoms with E-state index < -0.39 is 9.84 Å². The summed E-state index contributed by atoms with van der Waals surface area (Å²) < 4.78 is 23.1. The standard InChI is InChI=1S/C16H23N3O3S/c17-13-4-5-14(15(12-13)18-6-2-1-3-7-18)16(20)19-8-10-23(21,22)11-9-19/h4-5,12H,1-3,6-11,17H2. The Labute approximate surface area is 137 Å². The molecular formula is C16H23N3O3S. The summed E-state index contributed by atoms with van der Waals surface area (Å²) in [4.78, 5) is 16.7. The third-order valence-electron chi connectivity index (χ3n) is 4.58. The summed E-state index contributed by atoms with van der Waals surface area (Å²) in [5, 5.41) is 0. The zero-order valence-electron chi connectivity index (χ0n) is 13.2. The number of hydrogen-bond donors (Lipinski definition) is 1. The minimum atomic E-state index is -2.99. The smallest absolute Gasteiger partial charge is 0.256 e. The number of carbonyl (C=O) groups excluding carboxylic acids is 1. The third-order valence-corrected chi connectivity index (χ3v) is 6.19. The van der Waals surface area contributed by atoms with Gasteiger partial charge in [0.15, 0.2) is 9.84 Å². The first-order valence-corrected chi connectivity index (χ1v) is 9.93. The first kappa shape index (κ1) is 16.1. The van der Waals surface area contributed by atoms with Crippen molar-refractivity contribution >= 4 is 27.1 Å². The van der Waals surface area contributed by atoms with E-state index in [0.717, 1.165) is 31.6 Å². The fourth-order valence-electron chi connectivity index (χ4n) is 3.21. The Morgan fingerprint density at radius 1 is 1.00 bits per heavy atom. The van der Waals surface area contributed by atoms with Crippen molar-refractivity contribution < 1.29 is 13.2 Å². The number of nitrogens with zero attached hydrogens (tertiary/aromatic N) is 2. The lowest BCUT2D eigenvalue weighted by Gasteiger charge is -2.32.